The van der Waals surface area contributed by atoms with E-state index in [2.05, 4.69) is 19.9 Å². The lowest BCUT2D eigenvalue weighted by Gasteiger charge is -2.03. The normalized spacial score (nSPS) is 10.4. The summed E-state index contributed by atoms with van der Waals surface area (Å²) in [4.78, 5) is 29.2. The van der Waals surface area contributed by atoms with Crippen molar-refractivity contribution in [1.29, 1.82) is 0 Å². The van der Waals surface area contributed by atoms with Crippen LogP contribution in [0.5, 0.6) is 0 Å². The molecule has 0 atom stereocenters. The molecule has 6 heteroatoms. The van der Waals surface area contributed by atoms with Crippen LogP contribution in [-0.2, 0) is 0 Å². The van der Waals surface area contributed by atoms with E-state index >= 15 is 0 Å². The Labute approximate surface area is 119 Å². The number of aromatic nitrogens is 4. The number of ketones is 1. The van der Waals surface area contributed by atoms with Crippen LogP contribution >= 0.6 is 11.3 Å². The molecule has 3 rings (SSSR count). The highest BCUT2D eigenvalue weighted by molar-refractivity contribution is 7.12. The minimum atomic E-state index is 0.0294. The molecule has 0 N–H and O–H groups in total. The van der Waals surface area contributed by atoms with Crippen LogP contribution in [0.4, 0.5) is 0 Å². The van der Waals surface area contributed by atoms with Gasteiger partial charge >= 0.3 is 0 Å². The first-order valence-electron chi connectivity index (χ1n) is 5.93. The second kappa shape index (κ2) is 5.26. The fourth-order valence-electron chi connectivity index (χ4n) is 1.83. The predicted molar refractivity (Wildman–Crippen MR) is 76.4 cm³/mol. The molecule has 0 aliphatic carbocycles. The van der Waals surface area contributed by atoms with Crippen LogP contribution in [0.3, 0.4) is 0 Å². The van der Waals surface area contributed by atoms with Crippen LogP contribution in [0.15, 0.2) is 42.4 Å². The molecule has 0 saturated heterocycles. The average Bonchev–Trinajstić information content (AvgIpc) is 2.98. The number of hydrogen-bond donors (Lipinski definition) is 0. The molecule has 20 heavy (non-hydrogen) atoms. The predicted octanol–water partition coefficient (Wildman–Crippen LogP) is 2.86. The number of Topliss-reactive ketones (excluding diaryl/α,β-unsaturated/α-hetero) is 1. The minimum Gasteiger partial charge on any atom is -0.294 e. The molecular weight excluding hydrogens is 272 g/mol. The Balaban J connectivity index is 2.08. The van der Waals surface area contributed by atoms with Gasteiger partial charge in [0.15, 0.2) is 5.78 Å². The first kappa shape index (κ1) is 12.6. The third-order valence-electron chi connectivity index (χ3n) is 2.72. The molecule has 0 bridgehead atoms. The molecule has 0 aliphatic heterocycles. The molecule has 0 unspecified atom stereocenters. The van der Waals surface area contributed by atoms with E-state index < -0.39 is 0 Å². The van der Waals surface area contributed by atoms with Crippen molar-refractivity contribution in [2.75, 3.05) is 0 Å². The van der Waals surface area contributed by atoms with E-state index in [1.165, 1.54) is 11.3 Å². The van der Waals surface area contributed by atoms with Crippen molar-refractivity contribution in [2.24, 2.45) is 0 Å². The molecule has 0 amide bonds. The van der Waals surface area contributed by atoms with E-state index in [-0.39, 0.29) is 5.78 Å². The van der Waals surface area contributed by atoms with Crippen molar-refractivity contribution in [3.63, 3.8) is 0 Å². The summed E-state index contributed by atoms with van der Waals surface area (Å²) in [7, 11) is 0. The van der Waals surface area contributed by atoms with Gasteiger partial charge in [0, 0.05) is 18.0 Å². The first-order valence-corrected chi connectivity index (χ1v) is 6.81. The number of thiophene rings is 1. The highest BCUT2D eigenvalue weighted by atomic mass is 32.1. The fourth-order valence-corrected chi connectivity index (χ4v) is 2.64. The molecule has 0 radical (unpaired) electrons. The zero-order chi connectivity index (χ0) is 13.9. The Morgan fingerprint density at radius 1 is 1.05 bits per heavy atom. The van der Waals surface area contributed by atoms with E-state index in [0.29, 0.717) is 22.0 Å². The maximum absolute atomic E-state index is 11.6. The quantitative estimate of drug-likeness (QED) is 0.691. The van der Waals surface area contributed by atoms with Crippen LogP contribution in [-0.4, -0.2) is 25.7 Å². The molecule has 3 aromatic heterocycles. The Morgan fingerprint density at radius 2 is 1.85 bits per heavy atom. The summed E-state index contributed by atoms with van der Waals surface area (Å²) in [5.74, 6) is 0.0294. The van der Waals surface area contributed by atoms with Gasteiger partial charge in [-0.2, -0.15) is 0 Å². The molecule has 3 aromatic rings. The van der Waals surface area contributed by atoms with Crippen molar-refractivity contribution in [3.8, 4) is 22.6 Å². The summed E-state index contributed by atoms with van der Waals surface area (Å²) in [6.07, 6.45) is 8.12. The zero-order valence-corrected chi connectivity index (χ0v) is 11.5. The Bertz CT molecular complexity index is 755. The van der Waals surface area contributed by atoms with Crippen LogP contribution < -0.4 is 0 Å². The summed E-state index contributed by atoms with van der Waals surface area (Å²) < 4.78 is 0. The number of hydrogen-bond acceptors (Lipinski definition) is 6. The molecule has 0 aromatic carbocycles. The van der Waals surface area contributed by atoms with Crippen molar-refractivity contribution in [3.05, 3.63) is 47.3 Å². The Morgan fingerprint density at radius 3 is 2.60 bits per heavy atom. The molecule has 0 aliphatic rings. The summed E-state index contributed by atoms with van der Waals surface area (Å²) in [5.41, 5.74) is 2.76. The van der Waals surface area contributed by atoms with Crippen molar-refractivity contribution >= 4 is 17.1 Å². The largest absolute Gasteiger partial charge is 0.294 e. The smallest absolute Gasteiger partial charge is 0.170 e. The number of nitrogens with zero attached hydrogens (tertiary/aromatic N) is 4. The highest BCUT2D eigenvalue weighted by Gasteiger charge is 2.13. The lowest BCUT2D eigenvalue weighted by atomic mass is 10.1. The van der Waals surface area contributed by atoms with E-state index in [1.54, 1.807) is 37.9 Å². The van der Waals surface area contributed by atoms with Crippen LogP contribution in [0, 0.1) is 0 Å². The molecule has 5 nitrogen and oxygen atoms in total. The van der Waals surface area contributed by atoms with Crippen molar-refractivity contribution in [2.45, 2.75) is 6.92 Å². The molecule has 98 valence electrons. The summed E-state index contributed by atoms with van der Waals surface area (Å²) in [6.45, 7) is 1.55. The number of carbonyl (C=O) groups is 1. The van der Waals surface area contributed by atoms with Gasteiger partial charge in [0.2, 0.25) is 0 Å². The van der Waals surface area contributed by atoms with E-state index in [0.717, 1.165) is 5.56 Å². The topological polar surface area (TPSA) is 68.6 Å². The second-order valence-electron chi connectivity index (χ2n) is 4.10. The minimum absolute atomic E-state index is 0.0294. The van der Waals surface area contributed by atoms with Gasteiger partial charge in [-0.1, -0.05) is 0 Å². The van der Waals surface area contributed by atoms with Gasteiger partial charge in [-0.15, -0.1) is 11.3 Å². The molecular formula is C14H10N4OS. The Hall–Kier alpha value is -2.47. The van der Waals surface area contributed by atoms with Gasteiger partial charge in [-0.05, 0) is 18.4 Å². The zero-order valence-electron chi connectivity index (χ0n) is 10.6. The molecule has 3 heterocycles. The van der Waals surface area contributed by atoms with Gasteiger partial charge in [0.25, 0.3) is 0 Å². The fraction of sp³-hybridized carbons (Fsp3) is 0.0714. The Kier molecular flexibility index (Phi) is 3.30. The summed E-state index contributed by atoms with van der Waals surface area (Å²) in [6, 6.07) is 1.88. The van der Waals surface area contributed by atoms with E-state index in [1.807, 2.05) is 11.4 Å². The number of carbonyl (C=O) groups excluding carboxylic acids is 1. The number of rotatable bonds is 3. The van der Waals surface area contributed by atoms with Crippen molar-refractivity contribution in [1.82, 2.24) is 19.9 Å². The maximum Gasteiger partial charge on any atom is 0.170 e. The third-order valence-corrected chi connectivity index (χ3v) is 3.74. The lowest BCUT2D eigenvalue weighted by Crippen LogP contribution is -1.95. The standard InChI is InChI=1S/C14H10N4OS/c1-9(19)14-10(2-5-20-14)11-6-16-8-13(18-11)12-7-15-3-4-17-12/h2-8H,1H3. The van der Waals surface area contributed by atoms with Crippen molar-refractivity contribution < 1.29 is 4.79 Å². The highest BCUT2D eigenvalue weighted by Crippen LogP contribution is 2.28. The first-order chi connectivity index (χ1) is 9.75. The van der Waals surface area contributed by atoms with Gasteiger partial charge in [0.05, 0.1) is 29.2 Å². The van der Waals surface area contributed by atoms with Gasteiger partial charge in [-0.25, -0.2) is 4.98 Å². The SMILES string of the molecule is CC(=O)c1sccc1-c1cncc(-c2cnccn2)n1. The van der Waals surface area contributed by atoms with E-state index in [9.17, 15) is 4.79 Å². The van der Waals surface area contributed by atoms with Gasteiger partial charge < -0.3 is 0 Å². The lowest BCUT2D eigenvalue weighted by molar-refractivity contribution is 0.102. The average molecular weight is 282 g/mol. The molecule has 0 saturated carbocycles. The van der Waals surface area contributed by atoms with Crippen LogP contribution in [0.1, 0.15) is 16.6 Å². The second-order valence-corrected chi connectivity index (χ2v) is 5.02. The maximum atomic E-state index is 11.6. The van der Waals surface area contributed by atoms with Gasteiger partial charge in [0.1, 0.15) is 11.4 Å². The third kappa shape index (κ3) is 2.33. The monoisotopic (exact) mass is 282 g/mol. The molecule has 0 spiro atoms. The van der Waals surface area contributed by atoms with Crippen LogP contribution in [0.25, 0.3) is 22.6 Å². The van der Waals surface area contributed by atoms with Gasteiger partial charge in [-0.3, -0.25) is 19.7 Å². The molecule has 0 fully saturated rings. The summed E-state index contributed by atoms with van der Waals surface area (Å²) >= 11 is 1.41. The summed E-state index contributed by atoms with van der Waals surface area (Å²) in [5, 5.41) is 1.88. The van der Waals surface area contributed by atoms with E-state index in [4.69, 9.17) is 0 Å². The van der Waals surface area contributed by atoms with Crippen LogP contribution in [0.2, 0.25) is 0 Å².